The molecular formula is C16H21NO3. The van der Waals surface area contributed by atoms with Crippen LogP contribution in [-0.2, 0) is 11.2 Å². The van der Waals surface area contributed by atoms with Crippen molar-refractivity contribution in [2.75, 3.05) is 6.61 Å². The second-order valence-corrected chi connectivity index (χ2v) is 5.72. The Morgan fingerprint density at radius 1 is 1.30 bits per heavy atom. The molecule has 0 aliphatic heterocycles. The van der Waals surface area contributed by atoms with Crippen molar-refractivity contribution < 1.29 is 14.6 Å². The minimum absolute atomic E-state index is 0.0481. The average molecular weight is 275 g/mol. The van der Waals surface area contributed by atoms with Crippen molar-refractivity contribution >= 4 is 5.91 Å². The highest BCUT2D eigenvalue weighted by Gasteiger charge is 2.23. The van der Waals surface area contributed by atoms with E-state index in [-0.39, 0.29) is 18.6 Å². The highest BCUT2D eigenvalue weighted by atomic mass is 16.5. The van der Waals surface area contributed by atoms with Crippen LogP contribution in [0.4, 0.5) is 0 Å². The zero-order valence-electron chi connectivity index (χ0n) is 11.6. The molecule has 3 rings (SSSR count). The van der Waals surface area contributed by atoms with Crippen molar-refractivity contribution in [2.45, 2.75) is 50.7 Å². The van der Waals surface area contributed by atoms with E-state index in [0.29, 0.717) is 6.04 Å². The summed E-state index contributed by atoms with van der Waals surface area (Å²) >= 11 is 0. The maximum absolute atomic E-state index is 11.9. The lowest BCUT2D eigenvalue weighted by Gasteiger charge is -2.14. The maximum atomic E-state index is 11.9. The first-order chi connectivity index (χ1) is 9.74. The molecule has 1 saturated carbocycles. The highest BCUT2D eigenvalue weighted by Crippen LogP contribution is 2.36. The molecule has 20 heavy (non-hydrogen) atoms. The van der Waals surface area contributed by atoms with Gasteiger partial charge in [0.1, 0.15) is 5.75 Å². The molecule has 1 aromatic rings. The summed E-state index contributed by atoms with van der Waals surface area (Å²) < 4.78 is 5.65. The van der Waals surface area contributed by atoms with Crippen LogP contribution in [0.2, 0.25) is 0 Å². The lowest BCUT2D eigenvalue weighted by Crippen LogP contribution is -2.36. The fourth-order valence-corrected chi connectivity index (χ4v) is 3.22. The molecule has 2 N–H and O–H groups in total. The van der Waals surface area contributed by atoms with E-state index >= 15 is 0 Å². The Balaban J connectivity index is 1.57. The Bertz CT molecular complexity index is 494. The SMILES string of the molecule is O=C(COc1cccc2c1CCC2O)NC1CCCC1. The molecule has 1 atom stereocenters. The summed E-state index contributed by atoms with van der Waals surface area (Å²) in [5.74, 6) is 0.689. The largest absolute Gasteiger partial charge is 0.483 e. The van der Waals surface area contributed by atoms with Crippen molar-refractivity contribution in [1.82, 2.24) is 5.32 Å². The zero-order valence-corrected chi connectivity index (χ0v) is 11.6. The van der Waals surface area contributed by atoms with Crippen LogP contribution >= 0.6 is 0 Å². The Morgan fingerprint density at radius 3 is 2.90 bits per heavy atom. The fourth-order valence-electron chi connectivity index (χ4n) is 3.22. The highest BCUT2D eigenvalue weighted by molar-refractivity contribution is 5.78. The number of ether oxygens (including phenoxy) is 1. The normalized spacial score (nSPS) is 21.8. The quantitative estimate of drug-likeness (QED) is 0.884. The van der Waals surface area contributed by atoms with Crippen molar-refractivity contribution in [3.05, 3.63) is 29.3 Å². The molecule has 4 heteroatoms. The van der Waals surface area contributed by atoms with Crippen LogP contribution in [0.3, 0.4) is 0 Å². The van der Waals surface area contributed by atoms with Crippen molar-refractivity contribution in [3.8, 4) is 5.75 Å². The first-order valence-electron chi connectivity index (χ1n) is 7.46. The monoisotopic (exact) mass is 275 g/mol. The second kappa shape index (κ2) is 5.83. The van der Waals surface area contributed by atoms with Gasteiger partial charge in [0, 0.05) is 11.6 Å². The minimum atomic E-state index is -0.388. The number of carbonyl (C=O) groups excluding carboxylic acids is 1. The summed E-state index contributed by atoms with van der Waals surface area (Å²) in [6.07, 6.45) is 5.74. The molecule has 0 spiro atoms. The number of hydrogen-bond donors (Lipinski definition) is 2. The molecule has 2 aliphatic carbocycles. The number of aliphatic hydroxyl groups is 1. The lowest BCUT2D eigenvalue weighted by atomic mass is 10.1. The Morgan fingerprint density at radius 2 is 2.10 bits per heavy atom. The van der Waals surface area contributed by atoms with Gasteiger partial charge in [-0.1, -0.05) is 25.0 Å². The molecule has 0 aromatic heterocycles. The van der Waals surface area contributed by atoms with Crippen LogP contribution in [0.15, 0.2) is 18.2 Å². The Hall–Kier alpha value is -1.55. The van der Waals surface area contributed by atoms with E-state index in [4.69, 9.17) is 4.74 Å². The summed E-state index contributed by atoms with van der Waals surface area (Å²) in [6.45, 7) is 0.0586. The predicted octanol–water partition coefficient (Wildman–Crippen LogP) is 2.10. The van der Waals surface area contributed by atoms with E-state index in [0.717, 1.165) is 42.6 Å². The minimum Gasteiger partial charge on any atom is -0.483 e. The molecule has 1 amide bonds. The van der Waals surface area contributed by atoms with Gasteiger partial charge in [-0.15, -0.1) is 0 Å². The van der Waals surface area contributed by atoms with Gasteiger partial charge in [-0.2, -0.15) is 0 Å². The predicted molar refractivity (Wildman–Crippen MR) is 75.6 cm³/mol. The standard InChI is InChI=1S/C16H21NO3/c18-14-9-8-13-12(14)6-3-7-15(13)20-10-16(19)17-11-4-1-2-5-11/h3,6-7,11,14,18H,1-2,4-5,8-10H2,(H,17,19). The zero-order chi connectivity index (χ0) is 13.9. The molecule has 0 heterocycles. The molecule has 1 unspecified atom stereocenters. The van der Waals surface area contributed by atoms with Crippen LogP contribution in [0.1, 0.15) is 49.3 Å². The van der Waals surface area contributed by atoms with Crippen LogP contribution in [-0.4, -0.2) is 23.7 Å². The van der Waals surface area contributed by atoms with Crippen LogP contribution in [0, 0.1) is 0 Å². The van der Waals surface area contributed by atoms with Gasteiger partial charge in [0.05, 0.1) is 6.10 Å². The maximum Gasteiger partial charge on any atom is 0.258 e. The molecule has 0 bridgehead atoms. The van der Waals surface area contributed by atoms with E-state index < -0.39 is 0 Å². The molecule has 108 valence electrons. The lowest BCUT2D eigenvalue weighted by molar-refractivity contribution is -0.123. The number of aliphatic hydroxyl groups excluding tert-OH is 1. The molecule has 2 aliphatic rings. The first-order valence-corrected chi connectivity index (χ1v) is 7.46. The summed E-state index contributed by atoms with van der Waals surface area (Å²) in [5.41, 5.74) is 1.99. The van der Waals surface area contributed by atoms with Gasteiger partial charge in [-0.25, -0.2) is 0 Å². The van der Waals surface area contributed by atoms with E-state index in [1.54, 1.807) is 0 Å². The van der Waals surface area contributed by atoms with Crippen LogP contribution in [0.25, 0.3) is 0 Å². The number of rotatable bonds is 4. The summed E-state index contributed by atoms with van der Waals surface area (Å²) in [4.78, 5) is 11.9. The van der Waals surface area contributed by atoms with Crippen LogP contribution < -0.4 is 10.1 Å². The number of nitrogens with one attached hydrogen (secondary N) is 1. The van der Waals surface area contributed by atoms with Gasteiger partial charge in [0.25, 0.3) is 5.91 Å². The first kappa shape index (κ1) is 13.4. The smallest absolute Gasteiger partial charge is 0.258 e. The van der Waals surface area contributed by atoms with E-state index in [9.17, 15) is 9.90 Å². The van der Waals surface area contributed by atoms with E-state index in [1.807, 2.05) is 18.2 Å². The van der Waals surface area contributed by atoms with Gasteiger partial charge < -0.3 is 15.2 Å². The third-order valence-electron chi connectivity index (χ3n) is 4.28. The number of benzene rings is 1. The van der Waals surface area contributed by atoms with Gasteiger partial charge in [-0.05, 0) is 37.3 Å². The van der Waals surface area contributed by atoms with Crippen LogP contribution in [0.5, 0.6) is 5.75 Å². The Kier molecular flexibility index (Phi) is 3.92. The molecule has 0 saturated heterocycles. The van der Waals surface area contributed by atoms with Gasteiger partial charge >= 0.3 is 0 Å². The molecule has 0 radical (unpaired) electrons. The summed E-state index contributed by atoms with van der Waals surface area (Å²) in [7, 11) is 0. The summed E-state index contributed by atoms with van der Waals surface area (Å²) in [6, 6.07) is 6.00. The third kappa shape index (κ3) is 2.80. The van der Waals surface area contributed by atoms with Gasteiger partial charge in [-0.3, -0.25) is 4.79 Å². The average Bonchev–Trinajstić information content (AvgIpc) is 3.07. The molecular weight excluding hydrogens is 254 g/mol. The van der Waals surface area contributed by atoms with Crippen molar-refractivity contribution in [1.29, 1.82) is 0 Å². The number of fused-ring (bicyclic) bond motifs is 1. The molecule has 1 aromatic carbocycles. The number of carbonyl (C=O) groups is 1. The number of amides is 1. The second-order valence-electron chi connectivity index (χ2n) is 5.72. The van der Waals surface area contributed by atoms with E-state index in [1.165, 1.54) is 12.8 Å². The van der Waals surface area contributed by atoms with E-state index in [2.05, 4.69) is 5.32 Å². The van der Waals surface area contributed by atoms with Gasteiger partial charge in [0.2, 0.25) is 0 Å². The fraction of sp³-hybridized carbons (Fsp3) is 0.562. The Labute approximate surface area is 119 Å². The third-order valence-corrected chi connectivity index (χ3v) is 4.28. The number of hydrogen-bond acceptors (Lipinski definition) is 3. The molecule has 1 fully saturated rings. The van der Waals surface area contributed by atoms with Gasteiger partial charge in [0.15, 0.2) is 6.61 Å². The van der Waals surface area contributed by atoms with Crippen molar-refractivity contribution in [2.24, 2.45) is 0 Å². The van der Waals surface area contributed by atoms with Crippen molar-refractivity contribution in [3.63, 3.8) is 0 Å². The summed E-state index contributed by atoms with van der Waals surface area (Å²) in [5, 5.41) is 12.9. The molecule has 4 nitrogen and oxygen atoms in total. The topological polar surface area (TPSA) is 58.6 Å².